The first kappa shape index (κ1) is 14.7. The third-order valence-corrected chi connectivity index (χ3v) is 3.67. The van der Waals surface area contributed by atoms with Crippen molar-refractivity contribution in [3.8, 4) is 0 Å². The summed E-state index contributed by atoms with van der Waals surface area (Å²) >= 11 is 0. The summed E-state index contributed by atoms with van der Waals surface area (Å²) < 4.78 is 41.4. The van der Waals surface area contributed by atoms with Crippen LogP contribution in [0.4, 0.5) is 19.0 Å². The zero-order valence-electron chi connectivity index (χ0n) is 11.9. The molecule has 118 valence electrons. The number of aromatic nitrogens is 4. The van der Waals surface area contributed by atoms with E-state index in [1.54, 1.807) is 4.57 Å². The van der Waals surface area contributed by atoms with Crippen molar-refractivity contribution in [3.05, 3.63) is 22.2 Å². The molecule has 3 rings (SSSR count). The van der Waals surface area contributed by atoms with Crippen molar-refractivity contribution in [1.29, 1.82) is 0 Å². The molecule has 0 N–H and O–H groups in total. The summed E-state index contributed by atoms with van der Waals surface area (Å²) in [6.45, 7) is 2.48. The fraction of sp³-hybridized carbons (Fsp3) is 0.538. The first-order valence-electron chi connectivity index (χ1n) is 7.03. The molecule has 3 heterocycles. The van der Waals surface area contributed by atoms with E-state index in [0.29, 0.717) is 6.54 Å². The molecule has 0 aromatic carbocycles. The molecular formula is C13H14F3N5O. The van der Waals surface area contributed by atoms with E-state index < -0.39 is 23.9 Å². The second-order valence-corrected chi connectivity index (χ2v) is 5.20. The molecule has 0 unspecified atom stereocenters. The molecule has 0 amide bonds. The van der Waals surface area contributed by atoms with Crippen LogP contribution in [0.25, 0.3) is 5.78 Å². The molecule has 2 aromatic rings. The van der Waals surface area contributed by atoms with Crippen LogP contribution in [0.3, 0.4) is 0 Å². The van der Waals surface area contributed by atoms with Gasteiger partial charge in [0, 0.05) is 13.0 Å². The molecule has 1 aliphatic heterocycles. The molecule has 0 fully saturated rings. The molecule has 22 heavy (non-hydrogen) atoms. The Morgan fingerprint density at radius 3 is 2.77 bits per heavy atom. The molecule has 0 atom stereocenters. The highest BCUT2D eigenvalue weighted by atomic mass is 19.4. The number of rotatable bonds is 4. The van der Waals surface area contributed by atoms with Crippen LogP contribution in [0.1, 0.15) is 31.7 Å². The lowest BCUT2D eigenvalue weighted by Gasteiger charge is -2.11. The summed E-state index contributed by atoms with van der Waals surface area (Å²) in [6, 6.07) is 0. The lowest BCUT2D eigenvalue weighted by molar-refractivity contribution is -0.0597. The fourth-order valence-corrected chi connectivity index (χ4v) is 2.56. The van der Waals surface area contributed by atoms with Crippen LogP contribution in [0.15, 0.2) is 16.1 Å². The number of alkyl halides is 3. The van der Waals surface area contributed by atoms with Gasteiger partial charge in [0.05, 0.1) is 5.56 Å². The number of aliphatic imine (C=N–C) groups is 1. The topological polar surface area (TPSA) is 64.5 Å². The SMILES string of the molecule is CCCCCn1c2c(c(=O)n3cnnc13)CC(C(F)(F)F)=N2. The van der Waals surface area contributed by atoms with Gasteiger partial charge in [0.25, 0.3) is 5.56 Å². The lowest BCUT2D eigenvalue weighted by atomic mass is 10.2. The number of fused-ring (bicyclic) bond motifs is 2. The van der Waals surface area contributed by atoms with E-state index in [9.17, 15) is 18.0 Å². The zero-order chi connectivity index (χ0) is 15.9. The molecule has 0 aliphatic carbocycles. The average molecular weight is 313 g/mol. The molecule has 6 nitrogen and oxygen atoms in total. The summed E-state index contributed by atoms with van der Waals surface area (Å²) in [4.78, 5) is 15.9. The molecule has 9 heteroatoms. The largest absolute Gasteiger partial charge is 0.429 e. The van der Waals surface area contributed by atoms with Crippen LogP contribution < -0.4 is 5.56 Å². The van der Waals surface area contributed by atoms with Crippen molar-refractivity contribution in [2.75, 3.05) is 0 Å². The molecule has 0 bridgehead atoms. The van der Waals surface area contributed by atoms with E-state index in [0.717, 1.165) is 19.3 Å². The maximum Gasteiger partial charge on any atom is 0.429 e. The normalized spacial score (nSPS) is 14.5. The number of hydrogen-bond acceptors (Lipinski definition) is 4. The monoisotopic (exact) mass is 313 g/mol. The van der Waals surface area contributed by atoms with E-state index >= 15 is 0 Å². The second kappa shape index (κ2) is 5.22. The highest BCUT2D eigenvalue weighted by molar-refractivity contribution is 5.97. The first-order chi connectivity index (χ1) is 10.4. The molecule has 0 saturated heterocycles. The highest BCUT2D eigenvalue weighted by Crippen LogP contribution is 2.32. The van der Waals surface area contributed by atoms with E-state index in [1.807, 2.05) is 6.92 Å². The fourth-order valence-electron chi connectivity index (χ4n) is 2.56. The van der Waals surface area contributed by atoms with E-state index in [1.165, 1.54) is 10.7 Å². The molecule has 1 aliphatic rings. The van der Waals surface area contributed by atoms with Gasteiger partial charge in [-0.05, 0) is 6.42 Å². The van der Waals surface area contributed by atoms with Crippen molar-refractivity contribution in [2.24, 2.45) is 4.99 Å². The predicted octanol–water partition coefficient (Wildman–Crippen LogP) is 2.27. The van der Waals surface area contributed by atoms with Crippen molar-refractivity contribution < 1.29 is 13.2 Å². The lowest BCUT2D eigenvalue weighted by Crippen LogP contribution is -2.26. The smallest absolute Gasteiger partial charge is 0.294 e. The number of aryl methyl sites for hydroxylation is 1. The molecule has 0 radical (unpaired) electrons. The third-order valence-electron chi connectivity index (χ3n) is 3.67. The van der Waals surface area contributed by atoms with Gasteiger partial charge in [-0.15, -0.1) is 10.2 Å². The maximum absolute atomic E-state index is 12.9. The standard InChI is InChI=1S/C13H14F3N5O/c1-2-3-4-5-20-10-8(6-9(18-10)13(14,15)16)11(22)21-7-17-19-12(20)21/h7H,2-6H2,1H3. The summed E-state index contributed by atoms with van der Waals surface area (Å²) in [5.74, 6) is 0.293. The summed E-state index contributed by atoms with van der Waals surface area (Å²) in [7, 11) is 0. The van der Waals surface area contributed by atoms with E-state index in [-0.39, 0.29) is 17.2 Å². The summed E-state index contributed by atoms with van der Waals surface area (Å²) in [5, 5.41) is 7.53. The van der Waals surface area contributed by atoms with Gasteiger partial charge in [-0.1, -0.05) is 19.8 Å². The van der Waals surface area contributed by atoms with E-state index in [4.69, 9.17) is 0 Å². The Balaban J connectivity index is 2.16. The van der Waals surface area contributed by atoms with Gasteiger partial charge in [-0.2, -0.15) is 13.2 Å². The maximum atomic E-state index is 12.9. The highest BCUT2D eigenvalue weighted by Gasteiger charge is 2.40. The quantitative estimate of drug-likeness (QED) is 0.813. The van der Waals surface area contributed by atoms with Gasteiger partial charge in [0.1, 0.15) is 17.9 Å². The van der Waals surface area contributed by atoms with Gasteiger partial charge < -0.3 is 0 Å². The van der Waals surface area contributed by atoms with Gasteiger partial charge >= 0.3 is 6.18 Å². The Morgan fingerprint density at radius 2 is 2.09 bits per heavy atom. The van der Waals surface area contributed by atoms with Gasteiger partial charge in [0.15, 0.2) is 0 Å². The Bertz CT molecular complexity index is 802. The number of unbranched alkanes of at least 4 members (excludes halogenated alkanes) is 2. The Morgan fingerprint density at radius 1 is 1.32 bits per heavy atom. The van der Waals surface area contributed by atoms with Crippen LogP contribution in [-0.4, -0.2) is 31.1 Å². The van der Waals surface area contributed by atoms with Crippen LogP contribution in [-0.2, 0) is 13.0 Å². The summed E-state index contributed by atoms with van der Waals surface area (Å²) in [5.41, 5.74) is -1.43. The van der Waals surface area contributed by atoms with Gasteiger partial charge in [-0.25, -0.2) is 9.39 Å². The van der Waals surface area contributed by atoms with Crippen LogP contribution in [0.5, 0.6) is 0 Å². The number of hydrogen-bond donors (Lipinski definition) is 0. The molecule has 2 aromatic heterocycles. The van der Waals surface area contributed by atoms with Crippen molar-refractivity contribution in [1.82, 2.24) is 19.2 Å². The molecule has 0 spiro atoms. The second-order valence-electron chi connectivity index (χ2n) is 5.20. The van der Waals surface area contributed by atoms with Crippen LogP contribution in [0.2, 0.25) is 0 Å². The third kappa shape index (κ3) is 2.30. The zero-order valence-corrected chi connectivity index (χ0v) is 11.9. The molecule has 0 saturated carbocycles. The van der Waals surface area contributed by atoms with Crippen LogP contribution in [0, 0.1) is 0 Å². The Kier molecular flexibility index (Phi) is 3.50. The minimum atomic E-state index is -4.53. The summed E-state index contributed by atoms with van der Waals surface area (Å²) in [6.07, 6.45) is -1.14. The minimum absolute atomic E-state index is 0.0520. The minimum Gasteiger partial charge on any atom is -0.294 e. The number of nitrogens with zero attached hydrogens (tertiary/aromatic N) is 5. The van der Waals surface area contributed by atoms with Gasteiger partial charge in [-0.3, -0.25) is 9.36 Å². The first-order valence-corrected chi connectivity index (χ1v) is 7.03. The number of halogens is 3. The molecular weight excluding hydrogens is 299 g/mol. The van der Waals surface area contributed by atoms with Crippen molar-refractivity contribution in [3.63, 3.8) is 0 Å². The average Bonchev–Trinajstić information content (AvgIpc) is 3.08. The predicted molar refractivity (Wildman–Crippen MR) is 73.6 cm³/mol. The van der Waals surface area contributed by atoms with E-state index in [2.05, 4.69) is 15.2 Å². The van der Waals surface area contributed by atoms with Gasteiger partial charge in [0.2, 0.25) is 5.78 Å². The van der Waals surface area contributed by atoms with Crippen molar-refractivity contribution in [2.45, 2.75) is 45.3 Å². The van der Waals surface area contributed by atoms with Crippen LogP contribution >= 0.6 is 0 Å². The Hall–Kier alpha value is -2.19. The van der Waals surface area contributed by atoms with Crippen molar-refractivity contribution >= 4 is 17.3 Å². The Labute approximate surface area is 123 Å².